The smallest absolute Gasteiger partial charge is 0.275 e. The minimum absolute atomic E-state index is 0.208. The molecule has 3 aromatic rings. The van der Waals surface area contributed by atoms with E-state index in [0.717, 1.165) is 33.2 Å². The maximum Gasteiger partial charge on any atom is 0.275 e. The van der Waals surface area contributed by atoms with Crippen LogP contribution < -0.4 is 5.32 Å². The number of thiazole rings is 1. The summed E-state index contributed by atoms with van der Waals surface area (Å²) >= 11 is 1.46. The van der Waals surface area contributed by atoms with Gasteiger partial charge in [-0.1, -0.05) is 30.3 Å². The van der Waals surface area contributed by atoms with Crippen LogP contribution in [0.3, 0.4) is 0 Å². The number of nitrogens with zero attached hydrogens (tertiary/aromatic N) is 2. The fourth-order valence-electron chi connectivity index (χ4n) is 2.48. The van der Waals surface area contributed by atoms with Crippen LogP contribution in [0.4, 0.5) is 5.69 Å². The summed E-state index contributed by atoms with van der Waals surface area (Å²) in [6.45, 7) is 5.80. The van der Waals surface area contributed by atoms with Gasteiger partial charge in [-0.2, -0.15) is 0 Å². The van der Waals surface area contributed by atoms with Crippen molar-refractivity contribution in [2.75, 3.05) is 5.32 Å². The molecule has 1 amide bonds. The molecule has 2 aromatic heterocycles. The lowest BCUT2D eigenvalue weighted by Crippen LogP contribution is -2.15. The number of pyridine rings is 1. The highest BCUT2D eigenvalue weighted by Crippen LogP contribution is 2.25. The zero-order valence-corrected chi connectivity index (χ0v) is 14.1. The lowest BCUT2D eigenvalue weighted by atomic mass is 10.1. The van der Waals surface area contributed by atoms with Crippen LogP contribution in [0.25, 0.3) is 10.6 Å². The molecule has 1 aromatic carbocycles. The van der Waals surface area contributed by atoms with E-state index in [1.807, 2.05) is 57.2 Å². The van der Waals surface area contributed by atoms with Gasteiger partial charge in [0.25, 0.3) is 5.91 Å². The number of aromatic nitrogens is 2. The molecule has 0 aliphatic carbocycles. The molecule has 0 bridgehead atoms. The number of hydrogen-bond donors (Lipinski definition) is 1. The van der Waals surface area contributed by atoms with E-state index in [9.17, 15) is 4.79 Å². The van der Waals surface area contributed by atoms with Crippen molar-refractivity contribution in [3.8, 4) is 10.6 Å². The van der Waals surface area contributed by atoms with Crippen LogP contribution in [-0.4, -0.2) is 15.9 Å². The first-order valence-electron chi connectivity index (χ1n) is 7.32. The normalized spacial score (nSPS) is 10.6. The predicted octanol–water partition coefficient (Wildman–Crippen LogP) is 4.38. The SMILES string of the molecule is Cc1cc(C)c(NC(=O)c2csc(-c3ccccc3)n2)c(C)n1. The fourth-order valence-corrected chi connectivity index (χ4v) is 3.29. The van der Waals surface area contributed by atoms with Gasteiger partial charge >= 0.3 is 0 Å². The summed E-state index contributed by atoms with van der Waals surface area (Å²) in [4.78, 5) is 21.3. The molecule has 3 rings (SSSR count). The topological polar surface area (TPSA) is 54.9 Å². The highest BCUT2D eigenvalue weighted by atomic mass is 32.1. The van der Waals surface area contributed by atoms with Crippen molar-refractivity contribution in [2.45, 2.75) is 20.8 Å². The molecule has 0 unspecified atom stereocenters. The molecule has 0 aliphatic heterocycles. The van der Waals surface area contributed by atoms with E-state index in [2.05, 4.69) is 15.3 Å². The monoisotopic (exact) mass is 323 g/mol. The Morgan fingerprint density at radius 3 is 2.52 bits per heavy atom. The van der Waals surface area contributed by atoms with Crippen LogP contribution in [0.2, 0.25) is 0 Å². The van der Waals surface area contributed by atoms with Gasteiger partial charge in [0.2, 0.25) is 0 Å². The first-order valence-corrected chi connectivity index (χ1v) is 8.19. The second-order valence-corrected chi connectivity index (χ2v) is 6.26. The van der Waals surface area contributed by atoms with Gasteiger partial charge in [0.1, 0.15) is 10.7 Å². The van der Waals surface area contributed by atoms with Crippen molar-refractivity contribution in [2.24, 2.45) is 0 Å². The molecule has 0 spiro atoms. The molecular formula is C18H17N3OS. The first kappa shape index (κ1) is 15.4. The van der Waals surface area contributed by atoms with Crippen molar-refractivity contribution >= 4 is 22.9 Å². The summed E-state index contributed by atoms with van der Waals surface area (Å²) in [5.74, 6) is -0.208. The third-order valence-corrected chi connectivity index (χ3v) is 4.41. The van der Waals surface area contributed by atoms with Crippen LogP contribution in [0, 0.1) is 20.8 Å². The predicted molar refractivity (Wildman–Crippen MR) is 94.0 cm³/mol. The summed E-state index contributed by atoms with van der Waals surface area (Å²) in [5.41, 5.74) is 4.96. The Balaban J connectivity index is 1.84. The number of carbonyl (C=O) groups is 1. The molecule has 1 N–H and O–H groups in total. The Morgan fingerprint density at radius 2 is 1.83 bits per heavy atom. The number of amides is 1. The Bertz CT molecular complexity index is 833. The van der Waals surface area contributed by atoms with Gasteiger partial charge in [0.05, 0.1) is 11.4 Å². The molecule has 0 saturated heterocycles. The Kier molecular flexibility index (Phi) is 4.21. The molecule has 0 saturated carbocycles. The molecule has 0 fully saturated rings. The van der Waals surface area contributed by atoms with E-state index < -0.39 is 0 Å². The molecule has 0 radical (unpaired) electrons. The van der Waals surface area contributed by atoms with Gasteiger partial charge < -0.3 is 5.32 Å². The average Bonchev–Trinajstić information content (AvgIpc) is 3.01. The third kappa shape index (κ3) is 3.29. The number of anilines is 1. The van der Waals surface area contributed by atoms with Crippen LogP contribution >= 0.6 is 11.3 Å². The quantitative estimate of drug-likeness (QED) is 0.778. The van der Waals surface area contributed by atoms with E-state index in [0.29, 0.717) is 5.69 Å². The van der Waals surface area contributed by atoms with Gasteiger partial charge in [-0.3, -0.25) is 9.78 Å². The average molecular weight is 323 g/mol. The number of carbonyl (C=O) groups excluding carboxylic acids is 1. The van der Waals surface area contributed by atoms with E-state index in [1.165, 1.54) is 11.3 Å². The number of hydrogen-bond acceptors (Lipinski definition) is 4. The van der Waals surface area contributed by atoms with E-state index in [1.54, 1.807) is 5.38 Å². The van der Waals surface area contributed by atoms with Gasteiger partial charge in [-0.15, -0.1) is 11.3 Å². The summed E-state index contributed by atoms with van der Waals surface area (Å²) in [6.07, 6.45) is 0. The molecule has 0 atom stereocenters. The fraction of sp³-hybridized carbons (Fsp3) is 0.167. The van der Waals surface area contributed by atoms with E-state index in [4.69, 9.17) is 0 Å². The van der Waals surface area contributed by atoms with Crippen LogP contribution in [-0.2, 0) is 0 Å². The van der Waals surface area contributed by atoms with Crippen molar-refractivity contribution in [3.63, 3.8) is 0 Å². The van der Waals surface area contributed by atoms with Crippen LogP contribution in [0.15, 0.2) is 41.8 Å². The summed E-state index contributed by atoms with van der Waals surface area (Å²) in [6, 6.07) is 11.8. The number of aryl methyl sites for hydroxylation is 3. The zero-order chi connectivity index (χ0) is 16.4. The lowest BCUT2D eigenvalue weighted by Gasteiger charge is -2.11. The lowest BCUT2D eigenvalue weighted by molar-refractivity contribution is 0.102. The Morgan fingerprint density at radius 1 is 1.09 bits per heavy atom. The van der Waals surface area contributed by atoms with Gasteiger partial charge in [0.15, 0.2) is 0 Å². The molecular weight excluding hydrogens is 306 g/mol. The van der Waals surface area contributed by atoms with Crippen molar-refractivity contribution in [3.05, 3.63) is 64.4 Å². The third-order valence-electron chi connectivity index (χ3n) is 3.52. The molecule has 5 heteroatoms. The standard InChI is InChI=1S/C18H17N3OS/c1-11-9-12(2)19-13(3)16(11)21-17(22)15-10-23-18(20-15)14-7-5-4-6-8-14/h4-10H,1-3H3,(H,21,22). The molecule has 23 heavy (non-hydrogen) atoms. The summed E-state index contributed by atoms with van der Waals surface area (Å²) < 4.78 is 0. The Hall–Kier alpha value is -2.53. The highest BCUT2D eigenvalue weighted by Gasteiger charge is 2.14. The minimum Gasteiger partial charge on any atom is -0.319 e. The molecule has 116 valence electrons. The maximum absolute atomic E-state index is 12.5. The van der Waals surface area contributed by atoms with Gasteiger partial charge in [-0.05, 0) is 32.4 Å². The second kappa shape index (κ2) is 6.30. The maximum atomic E-state index is 12.5. The number of benzene rings is 1. The Labute approximate surface area is 139 Å². The molecule has 4 nitrogen and oxygen atoms in total. The van der Waals surface area contributed by atoms with Gasteiger partial charge in [0, 0.05) is 16.6 Å². The first-order chi connectivity index (χ1) is 11.0. The highest BCUT2D eigenvalue weighted by molar-refractivity contribution is 7.13. The van der Waals surface area contributed by atoms with Crippen LogP contribution in [0.5, 0.6) is 0 Å². The summed E-state index contributed by atoms with van der Waals surface area (Å²) in [5, 5.41) is 5.55. The molecule has 2 heterocycles. The van der Waals surface area contributed by atoms with Crippen molar-refractivity contribution < 1.29 is 4.79 Å². The van der Waals surface area contributed by atoms with Gasteiger partial charge in [-0.25, -0.2) is 4.98 Å². The van der Waals surface area contributed by atoms with E-state index in [-0.39, 0.29) is 5.91 Å². The zero-order valence-electron chi connectivity index (χ0n) is 13.3. The van der Waals surface area contributed by atoms with Crippen molar-refractivity contribution in [1.82, 2.24) is 9.97 Å². The number of nitrogens with one attached hydrogen (secondary N) is 1. The minimum atomic E-state index is -0.208. The largest absolute Gasteiger partial charge is 0.319 e. The van der Waals surface area contributed by atoms with Crippen molar-refractivity contribution in [1.29, 1.82) is 0 Å². The summed E-state index contributed by atoms with van der Waals surface area (Å²) in [7, 11) is 0. The molecule has 0 aliphatic rings. The van der Waals surface area contributed by atoms with E-state index >= 15 is 0 Å². The van der Waals surface area contributed by atoms with Crippen LogP contribution in [0.1, 0.15) is 27.4 Å². The second-order valence-electron chi connectivity index (χ2n) is 5.40. The number of rotatable bonds is 3.